The van der Waals surface area contributed by atoms with Gasteiger partial charge in [0.25, 0.3) is 0 Å². The number of hydrogen-bond acceptors (Lipinski definition) is 5. The number of hydrazone groups is 1. The molecule has 1 heterocycles. The zero-order valence-corrected chi connectivity index (χ0v) is 17.2. The van der Waals surface area contributed by atoms with Crippen molar-refractivity contribution in [1.29, 1.82) is 0 Å². The summed E-state index contributed by atoms with van der Waals surface area (Å²) in [5.74, 6) is 0.797. The number of methoxy groups -OCH3 is 1. The summed E-state index contributed by atoms with van der Waals surface area (Å²) in [5.41, 5.74) is 3.96. The van der Waals surface area contributed by atoms with Gasteiger partial charge in [0.1, 0.15) is 6.61 Å². The van der Waals surface area contributed by atoms with Gasteiger partial charge in [-0.15, -0.1) is 0 Å². The lowest BCUT2D eigenvalue weighted by molar-refractivity contribution is 0.0927. The molecule has 6 nitrogen and oxygen atoms in total. The molecule has 3 rings (SSSR count). The number of benzene rings is 2. The first kappa shape index (κ1) is 20.0. The van der Waals surface area contributed by atoms with Gasteiger partial charge in [-0.05, 0) is 51.8 Å². The summed E-state index contributed by atoms with van der Waals surface area (Å²) in [5, 5.41) is 4.56. The van der Waals surface area contributed by atoms with Gasteiger partial charge in [0.05, 0.1) is 24.1 Å². The second kappa shape index (κ2) is 9.43. The number of ether oxygens (including phenoxy) is 2. The van der Waals surface area contributed by atoms with Crippen LogP contribution in [0.1, 0.15) is 21.7 Å². The summed E-state index contributed by atoms with van der Waals surface area (Å²) in [6.07, 6.45) is 2.91. The van der Waals surface area contributed by atoms with Gasteiger partial charge >= 0.3 is 5.91 Å². The molecule has 0 fully saturated rings. The standard InChI is InChI=1S/C20H16BrClN2O4/c1-26-18-10-13(11-23-24-20(25)17-7-4-8-27-17)9-15(21)19(18)28-12-14-5-2-3-6-16(14)22/h2-11H,12H2,1H3,(H,24,25)/b23-11+. The normalized spacial score (nSPS) is 10.8. The number of amides is 1. The van der Waals surface area contributed by atoms with Crippen LogP contribution in [0.25, 0.3) is 0 Å². The molecule has 0 saturated heterocycles. The van der Waals surface area contributed by atoms with E-state index in [2.05, 4.69) is 26.5 Å². The molecule has 144 valence electrons. The van der Waals surface area contributed by atoms with Crippen LogP contribution in [0.15, 0.2) is 68.8 Å². The fraction of sp³-hybridized carbons (Fsp3) is 0.100. The second-order valence-corrected chi connectivity index (χ2v) is 6.85. The summed E-state index contributed by atoms with van der Waals surface area (Å²) in [7, 11) is 1.55. The molecule has 1 aromatic heterocycles. The van der Waals surface area contributed by atoms with Gasteiger partial charge in [-0.1, -0.05) is 29.8 Å². The molecule has 1 N–H and O–H groups in total. The lowest BCUT2D eigenvalue weighted by atomic mass is 10.2. The van der Waals surface area contributed by atoms with Crippen LogP contribution in [0, 0.1) is 0 Å². The maximum Gasteiger partial charge on any atom is 0.307 e. The highest BCUT2D eigenvalue weighted by atomic mass is 79.9. The van der Waals surface area contributed by atoms with Crippen molar-refractivity contribution in [1.82, 2.24) is 5.43 Å². The van der Waals surface area contributed by atoms with Crippen LogP contribution < -0.4 is 14.9 Å². The quantitative estimate of drug-likeness (QED) is 0.393. The van der Waals surface area contributed by atoms with Crippen molar-refractivity contribution in [2.24, 2.45) is 5.10 Å². The van der Waals surface area contributed by atoms with Gasteiger partial charge in [-0.2, -0.15) is 5.10 Å². The molecule has 1 amide bonds. The zero-order valence-electron chi connectivity index (χ0n) is 14.8. The van der Waals surface area contributed by atoms with E-state index in [9.17, 15) is 4.79 Å². The fourth-order valence-electron chi connectivity index (χ4n) is 2.35. The van der Waals surface area contributed by atoms with E-state index in [1.165, 1.54) is 12.5 Å². The van der Waals surface area contributed by atoms with Crippen molar-refractivity contribution in [3.05, 3.63) is 81.2 Å². The zero-order chi connectivity index (χ0) is 19.9. The predicted molar refractivity (Wildman–Crippen MR) is 110 cm³/mol. The molecule has 0 aliphatic rings. The summed E-state index contributed by atoms with van der Waals surface area (Å²) in [6.45, 7) is 0.293. The number of nitrogens with one attached hydrogen (secondary N) is 1. The molecule has 0 atom stereocenters. The van der Waals surface area contributed by atoms with Crippen LogP contribution in [-0.4, -0.2) is 19.2 Å². The molecule has 8 heteroatoms. The molecule has 0 aliphatic heterocycles. The SMILES string of the molecule is COc1cc(/C=N/NC(=O)c2ccco2)cc(Br)c1OCc1ccccc1Cl. The van der Waals surface area contributed by atoms with E-state index in [0.717, 1.165) is 5.56 Å². The minimum Gasteiger partial charge on any atom is -0.493 e. The van der Waals surface area contributed by atoms with Gasteiger partial charge in [0.2, 0.25) is 0 Å². The smallest absolute Gasteiger partial charge is 0.307 e. The molecule has 2 aromatic carbocycles. The highest BCUT2D eigenvalue weighted by Crippen LogP contribution is 2.37. The van der Waals surface area contributed by atoms with Gasteiger partial charge in [0.15, 0.2) is 17.3 Å². The van der Waals surface area contributed by atoms with Crippen LogP contribution in [0.5, 0.6) is 11.5 Å². The molecule has 0 bridgehead atoms. The maximum atomic E-state index is 11.8. The lowest BCUT2D eigenvalue weighted by Crippen LogP contribution is -2.16. The molecule has 0 saturated carbocycles. The van der Waals surface area contributed by atoms with Crippen molar-refractivity contribution in [2.75, 3.05) is 7.11 Å². The lowest BCUT2D eigenvalue weighted by Gasteiger charge is -2.14. The van der Waals surface area contributed by atoms with Crippen molar-refractivity contribution in [3.8, 4) is 11.5 Å². The topological polar surface area (TPSA) is 73.1 Å². The summed E-state index contributed by atoms with van der Waals surface area (Å²) in [6, 6.07) is 14.2. The molecule has 28 heavy (non-hydrogen) atoms. The van der Waals surface area contributed by atoms with Crippen molar-refractivity contribution in [3.63, 3.8) is 0 Å². The van der Waals surface area contributed by atoms with E-state index in [1.807, 2.05) is 24.3 Å². The van der Waals surface area contributed by atoms with Gasteiger partial charge in [-0.3, -0.25) is 4.79 Å². The minimum absolute atomic E-state index is 0.180. The van der Waals surface area contributed by atoms with Crippen LogP contribution >= 0.6 is 27.5 Å². The number of carbonyl (C=O) groups is 1. The van der Waals surface area contributed by atoms with E-state index in [4.69, 9.17) is 25.5 Å². The van der Waals surface area contributed by atoms with E-state index in [0.29, 0.717) is 33.2 Å². The molecular formula is C20H16BrClN2O4. The van der Waals surface area contributed by atoms with Crippen LogP contribution in [0.3, 0.4) is 0 Å². The number of hydrogen-bond donors (Lipinski definition) is 1. The largest absolute Gasteiger partial charge is 0.493 e. The van der Waals surface area contributed by atoms with Crippen LogP contribution in [0.2, 0.25) is 5.02 Å². The summed E-state index contributed by atoms with van der Waals surface area (Å²) >= 11 is 9.65. The van der Waals surface area contributed by atoms with E-state index in [-0.39, 0.29) is 5.76 Å². The third kappa shape index (κ3) is 4.94. The molecule has 0 unspecified atom stereocenters. The van der Waals surface area contributed by atoms with Crippen LogP contribution in [0.4, 0.5) is 0 Å². The number of nitrogens with zero attached hydrogens (tertiary/aromatic N) is 1. The van der Waals surface area contributed by atoms with Crippen LogP contribution in [-0.2, 0) is 6.61 Å². The second-order valence-electron chi connectivity index (χ2n) is 5.59. The van der Waals surface area contributed by atoms with E-state index < -0.39 is 5.91 Å². The monoisotopic (exact) mass is 462 g/mol. The van der Waals surface area contributed by atoms with Gasteiger partial charge in [0, 0.05) is 10.6 Å². The molecule has 0 spiro atoms. The van der Waals surface area contributed by atoms with Gasteiger partial charge in [-0.25, -0.2) is 5.43 Å². The summed E-state index contributed by atoms with van der Waals surface area (Å²) in [4.78, 5) is 11.8. The Hall–Kier alpha value is -2.77. The van der Waals surface area contributed by atoms with Gasteiger partial charge < -0.3 is 13.9 Å². The first-order chi connectivity index (χ1) is 13.6. The Morgan fingerprint density at radius 2 is 2.11 bits per heavy atom. The Balaban J connectivity index is 1.71. The first-order valence-electron chi connectivity index (χ1n) is 8.19. The number of furan rings is 1. The molecule has 0 aliphatic carbocycles. The Morgan fingerprint density at radius 1 is 1.29 bits per heavy atom. The fourth-order valence-corrected chi connectivity index (χ4v) is 3.11. The summed E-state index contributed by atoms with van der Waals surface area (Å²) < 4.78 is 17.0. The Bertz CT molecular complexity index is 990. The van der Waals surface area contributed by atoms with E-state index >= 15 is 0 Å². The maximum absolute atomic E-state index is 11.8. The van der Waals surface area contributed by atoms with Crippen molar-refractivity contribution >= 4 is 39.7 Å². The highest BCUT2D eigenvalue weighted by molar-refractivity contribution is 9.10. The Labute approximate surface area is 175 Å². The predicted octanol–water partition coefficient (Wildman–Crippen LogP) is 5.05. The highest BCUT2D eigenvalue weighted by Gasteiger charge is 2.12. The number of rotatable bonds is 7. The average Bonchev–Trinajstić information content (AvgIpc) is 3.23. The Morgan fingerprint density at radius 3 is 2.82 bits per heavy atom. The molecular weight excluding hydrogens is 448 g/mol. The molecule has 0 radical (unpaired) electrons. The first-order valence-corrected chi connectivity index (χ1v) is 9.36. The Kier molecular flexibility index (Phi) is 6.73. The van der Waals surface area contributed by atoms with Crippen molar-refractivity contribution in [2.45, 2.75) is 6.61 Å². The number of carbonyl (C=O) groups excluding carboxylic acids is 1. The number of halogens is 2. The average molecular weight is 464 g/mol. The van der Waals surface area contributed by atoms with Crippen molar-refractivity contribution < 1.29 is 18.7 Å². The third-order valence-corrected chi connectivity index (χ3v) is 4.66. The molecule has 3 aromatic rings. The van der Waals surface area contributed by atoms with E-state index in [1.54, 1.807) is 31.4 Å². The third-order valence-electron chi connectivity index (χ3n) is 3.71. The minimum atomic E-state index is -0.438.